The van der Waals surface area contributed by atoms with Crippen LogP contribution < -0.4 is 5.32 Å². The summed E-state index contributed by atoms with van der Waals surface area (Å²) in [5, 5.41) is 12.8. The number of carbonyl (C=O) groups excluding carboxylic acids is 1. The van der Waals surface area contributed by atoms with Gasteiger partial charge in [-0.3, -0.25) is 14.7 Å². The first-order valence-corrected chi connectivity index (χ1v) is 10.0. The third kappa shape index (κ3) is 4.32. The third-order valence-electron chi connectivity index (χ3n) is 6.09. The van der Waals surface area contributed by atoms with Crippen LogP contribution >= 0.6 is 0 Å². The van der Waals surface area contributed by atoms with Gasteiger partial charge in [-0.15, -0.1) is 0 Å². The predicted octanol–water partition coefficient (Wildman–Crippen LogP) is 2.51. The number of nitrogens with zero attached hydrogens (tertiary/aromatic N) is 2. The molecule has 2 aromatic rings. The third-order valence-corrected chi connectivity index (χ3v) is 6.09. The van der Waals surface area contributed by atoms with E-state index in [1.807, 2.05) is 30.3 Å². The Balaban J connectivity index is 1.18. The van der Waals surface area contributed by atoms with Gasteiger partial charge in [0.2, 0.25) is 5.91 Å². The summed E-state index contributed by atoms with van der Waals surface area (Å²) in [5.74, 6) is 2.07. The topological polar surface area (TPSA) is 65.5 Å². The van der Waals surface area contributed by atoms with Gasteiger partial charge in [-0.05, 0) is 47.4 Å². The summed E-state index contributed by atoms with van der Waals surface area (Å²) in [7, 11) is 0. The molecule has 4 atom stereocenters. The van der Waals surface area contributed by atoms with E-state index in [9.17, 15) is 9.90 Å². The zero-order chi connectivity index (χ0) is 19.3. The highest BCUT2D eigenvalue weighted by Gasteiger charge is 2.55. The SMILES string of the molecule is O=C(/C=C/c1cccnc1)NCCC1[C@H]2CN(C(CO)c3ccccc3)C[C@@H]12. The van der Waals surface area contributed by atoms with E-state index in [0.29, 0.717) is 17.8 Å². The minimum atomic E-state index is -0.0549. The average molecular weight is 377 g/mol. The Morgan fingerprint density at radius 2 is 2.00 bits per heavy atom. The number of hydrogen-bond acceptors (Lipinski definition) is 4. The van der Waals surface area contributed by atoms with Crippen LogP contribution in [0.2, 0.25) is 0 Å². The molecule has 0 bridgehead atoms. The van der Waals surface area contributed by atoms with Crippen LogP contribution in [0, 0.1) is 17.8 Å². The molecule has 0 spiro atoms. The second-order valence-corrected chi connectivity index (χ2v) is 7.75. The number of aliphatic hydroxyl groups is 1. The molecule has 4 rings (SSSR count). The molecule has 1 saturated heterocycles. The van der Waals surface area contributed by atoms with E-state index in [1.54, 1.807) is 24.5 Å². The monoisotopic (exact) mass is 377 g/mol. The van der Waals surface area contributed by atoms with Crippen LogP contribution in [0.4, 0.5) is 0 Å². The molecular formula is C23H27N3O2. The van der Waals surface area contributed by atoms with Gasteiger partial charge >= 0.3 is 0 Å². The maximum Gasteiger partial charge on any atom is 0.244 e. The van der Waals surface area contributed by atoms with Crippen LogP contribution in [-0.4, -0.2) is 47.1 Å². The van der Waals surface area contributed by atoms with Crippen molar-refractivity contribution in [1.29, 1.82) is 0 Å². The number of likely N-dealkylation sites (tertiary alicyclic amines) is 1. The standard InChI is InChI=1S/C23H27N3O2/c27-16-22(18-6-2-1-3-7-18)26-14-20-19(21(20)15-26)10-12-25-23(28)9-8-17-5-4-11-24-13-17/h1-9,11,13,19-22,27H,10,12,14-16H2,(H,25,28)/b9-8+/t19?,20-,21+,22?. The van der Waals surface area contributed by atoms with Crippen molar-refractivity contribution >= 4 is 12.0 Å². The van der Waals surface area contributed by atoms with E-state index in [4.69, 9.17) is 0 Å². The molecular weight excluding hydrogens is 350 g/mol. The minimum Gasteiger partial charge on any atom is -0.394 e. The van der Waals surface area contributed by atoms with Gasteiger partial charge in [-0.2, -0.15) is 0 Å². The fraction of sp³-hybridized carbons (Fsp3) is 0.391. The fourth-order valence-electron chi connectivity index (χ4n) is 4.54. The van der Waals surface area contributed by atoms with E-state index in [-0.39, 0.29) is 18.6 Å². The number of hydrogen-bond donors (Lipinski definition) is 2. The highest BCUT2D eigenvalue weighted by molar-refractivity contribution is 5.91. The molecule has 5 heteroatoms. The Hall–Kier alpha value is -2.50. The maximum absolute atomic E-state index is 11.9. The van der Waals surface area contributed by atoms with Crippen LogP contribution in [0.15, 0.2) is 60.9 Å². The molecule has 1 amide bonds. The van der Waals surface area contributed by atoms with E-state index >= 15 is 0 Å². The summed E-state index contributed by atoms with van der Waals surface area (Å²) in [6.07, 6.45) is 7.83. The molecule has 146 valence electrons. The number of carbonyl (C=O) groups is 1. The molecule has 1 aliphatic heterocycles. The maximum atomic E-state index is 11.9. The molecule has 2 N–H and O–H groups in total. The van der Waals surface area contributed by atoms with Crippen molar-refractivity contribution in [2.75, 3.05) is 26.2 Å². The fourth-order valence-corrected chi connectivity index (χ4v) is 4.54. The number of fused-ring (bicyclic) bond motifs is 1. The Kier molecular flexibility index (Phi) is 5.84. The zero-order valence-electron chi connectivity index (χ0n) is 15.9. The van der Waals surface area contributed by atoms with Crippen LogP contribution in [0.25, 0.3) is 6.08 Å². The van der Waals surface area contributed by atoms with E-state index in [1.165, 1.54) is 5.56 Å². The number of benzene rings is 1. The van der Waals surface area contributed by atoms with Crippen molar-refractivity contribution in [3.8, 4) is 0 Å². The summed E-state index contributed by atoms with van der Waals surface area (Å²) in [5.41, 5.74) is 2.11. The first-order valence-electron chi connectivity index (χ1n) is 10.0. The minimum absolute atomic E-state index is 0.0549. The Labute approximate surface area is 166 Å². The quantitative estimate of drug-likeness (QED) is 0.694. The predicted molar refractivity (Wildman–Crippen MR) is 109 cm³/mol. The lowest BCUT2D eigenvalue weighted by Gasteiger charge is -2.28. The summed E-state index contributed by atoms with van der Waals surface area (Å²) < 4.78 is 0. The highest BCUT2D eigenvalue weighted by Crippen LogP contribution is 2.54. The zero-order valence-corrected chi connectivity index (χ0v) is 15.9. The van der Waals surface area contributed by atoms with Gasteiger partial charge in [0.05, 0.1) is 12.6 Å². The first-order chi connectivity index (χ1) is 13.8. The van der Waals surface area contributed by atoms with E-state index < -0.39 is 0 Å². The number of aliphatic hydroxyl groups excluding tert-OH is 1. The van der Waals surface area contributed by atoms with Gasteiger partial charge in [0, 0.05) is 38.1 Å². The Bertz CT molecular complexity index is 797. The van der Waals surface area contributed by atoms with Gasteiger partial charge in [0.15, 0.2) is 0 Å². The lowest BCUT2D eigenvalue weighted by molar-refractivity contribution is -0.116. The molecule has 0 radical (unpaired) electrons. The lowest BCUT2D eigenvalue weighted by Crippen LogP contribution is -2.32. The molecule has 1 aliphatic carbocycles. The van der Waals surface area contributed by atoms with Gasteiger partial charge < -0.3 is 10.4 Å². The number of nitrogens with one attached hydrogen (secondary N) is 1. The van der Waals surface area contributed by atoms with Crippen molar-refractivity contribution < 1.29 is 9.90 Å². The molecule has 1 saturated carbocycles. The molecule has 2 fully saturated rings. The smallest absolute Gasteiger partial charge is 0.244 e. The number of rotatable bonds is 8. The van der Waals surface area contributed by atoms with E-state index in [0.717, 1.165) is 31.6 Å². The number of amides is 1. The highest BCUT2D eigenvalue weighted by atomic mass is 16.3. The summed E-state index contributed by atoms with van der Waals surface area (Å²) in [6, 6.07) is 14.1. The second-order valence-electron chi connectivity index (χ2n) is 7.75. The summed E-state index contributed by atoms with van der Waals surface area (Å²) >= 11 is 0. The summed E-state index contributed by atoms with van der Waals surface area (Å²) in [4.78, 5) is 18.4. The molecule has 2 unspecified atom stereocenters. The van der Waals surface area contributed by atoms with Crippen molar-refractivity contribution in [3.05, 3.63) is 72.1 Å². The molecule has 1 aromatic heterocycles. The van der Waals surface area contributed by atoms with Crippen LogP contribution in [0.5, 0.6) is 0 Å². The van der Waals surface area contributed by atoms with Gasteiger partial charge in [0.1, 0.15) is 0 Å². The summed E-state index contributed by atoms with van der Waals surface area (Å²) in [6.45, 7) is 2.97. The molecule has 5 nitrogen and oxygen atoms in total. The Morgan fingerprint density at radius 3 is 2.68 bits per heavy atom. The second kappa shape index (κ2) is 8.67. The van der Waals surface area contributed by atoms with Crippen LogP contribution in [0.3, 0.4) is 0 Å². The van der Waals surface area contributed by atoms with Crippen molar-refractivity contribution in [1.82, 2.24) is 15.2 Å². The lowest BCUT2D eigenvalue weighted by atomic mass is 10.1. The van der Waals surface area contributed by atoms with Crippen molar-refractivity contribution in [2.45, 2.75) is 12.5 Å². The van der Waals surface area contributed by atoms with Crippen LogP contribution in [0.1, 0.15) is 23.6 Å². The van der Waals surface area contributed by atoms with E-state index in [2.05, 4.69) is 27.3 Å². The average Bonchev–Trinajstić information content (AvgIpc) is 3.18. The first kappa shape index (κ1) is 18.8. The number of pyridine rings is 1. The molecule has 1 aromatic carbocycles. The van der Waals surface area contributed by atoms with Crippen molar-refractivity contribution in [3.63, 3.8) is 0 Å². The van der Waals surface area contributed by atoms with Gasteiger partial charge in [0.25, 0.3) is 0 Å². The molecule has 28 heavy (non-hydrogen) atoms. The molecule has 2 aliphatic rings. The molecule has 2 heterocycles. The Morgan fingerprint density at radius 1 is 1.21 bits per heavy atom. The number of aromatic nitrogens is 1. The van der Waals surface area contributed by atoms with Crippen molar-refractivity contribution in [2.24, 2.45) is 17.8 Å². The van der Waals surface area contributed by atoms with Gasteiger partial charge in [-0.25, -0.2) is 0 Å². The van der Waals surface area contributed by atoms with Crippen LogP contribution in [-0.2, 0) is 4.79 Å². The number of piperidine rings is 1. The largest absolute Gasteiger partial charge is 0.394 e. The van der Waals surface area contributed by atoms with Gasteiger partial charge in [-0.1, -0.05) is 36.4 Å². The normalized spacial score (nSPS) is 24.8.